The molecular formula is C19H26N2O4. The molecule has 0 spiro atoms. The van der Waals surface area contributed by atoms with Crippen molar-refractivity contribution in [3.8, 4) is 0 Å². The van der Waals surface area contributed by atoms with Gasteiger partial charge in [-0.15, -0.1) is 0 Å². The normalized spacial score (nSPS) is 16.0. The maximum Gasteiger partial charge on any atom is 0.329 e. The van der Waals surface area contributed by atoms with Crippen LogP contribution in [-0.4, -0.2) is 36.0 Å². The number of carbonyl (C=O) groups is 3. The summed E-state index contributed by atoms with van der Waals surface area (Å²) in [4.78, 5) is 36.5. The number of ether oxygens (including phenoxy) is 1. The van der Waals surface area contributed by atoms with Crippen LogP contribution in [-0.2, 0) is 25.5 Å². The number of hydrogen-bond acceptors (Lipinski definition) is 4. The largest absolute Gasteiger partial charge is 0.451 e. The molecule has 1 fully saturated rings. The van der Waals surface area contributed by atoms with E-state index in [4.69, 9.17) is 4.74 Å². The van der Waals surface area contributed by atoms with Crippen molar-refractivity contribution in [2.45, 2.75) is 58.2 Å². The quantitative estimate of drug-likeness (QED) is 0.700. The van der Waals surface area contributed by atoms with Crippen molar-refractivity contribution < 1.29 is 19.1 Å². The Morgan fingerprint density at radius 1 is 1.12 bits per heavy atom. The van der Waals surface area contributed by atoms with Gasteiger partial charge in [-0.3, -0.25) is 9.59 Å². The molecule has 2 rings (SSSR count). The first-order valence-corrected chi connectivity index (χ1v) is 8.71. The van der Waals surface area contributed by atoms with Gasteiger partial charge in [0.2, 0.25) is 5.91 Å². The summed E-state index contributed by atoms with van der Waals surface area (Å²) in [5, 5.41) is 5.51. The summed E-state index contributed by atoms with van der Waals surface area (Å²) in [6.07, 6.45) is 1.25. The van der Waals surface area contributed by atoms with Crippen LogP contribution in [0.25, 0.3) is 0 Å². The molecule has 0 heterocycles. The first kappa shape index (κ1) is 19.0. The van der Waals surface area contributed by atoms with Crippen molar-refractivity contribution in [2.24, 2.45) is 5.92 Å². The van der Waals surface area contributed by atoms with Crippen LogP contribution >= 0.6 is 0 Å². The molecule has 0 saturated heterocycles. The molecule has 6 nitrogen and oxygen atoms in total. The second-order valence-electron chi connectivity index (χ2n) is 6.81. The third-order valence-electron chi connectivity index (χ3n) is 4.03. The lowest BCUT2D eigenvalue weighted by Gasteiger charge is -2.23. The van der Waals surface area contributed by atoms with Crippen LogP contribution in [0.1, 0.15) is 39.2 Å². The number of hydrogen-bond donors (Lipinski definition) is 2. The van der Waals surface area contributed by atoms with Gasteiger partial charge in [-0.25, -0.2) is 4.79 Å². The number of carbonyl (C=O) groups excluding carboxylic acids is 3. The second kappa shape index (κ2) is 8.65. The molecule has 0 bridgehead atoms. The first-order valence-electron chi connectivity index (χ1n) is 8.71. The highest BCUT2D eigenvalue weighted by molar-refractivity contribution is 5.88. The summed E-state index contributed by atoms with van der Waals surface area (Å²) >= 11 is 0. The van der Waals surface area contributed by atoms with Crippen LogP contribution in [0.4, 0.5) is 0 Å². The lowest BCUT2D eigenvalue weighted by atomic mass is 10.0. The summed E-state index contributed by atoms with van der Waals surface area (Å²) in [6, 6.07) is 8.73. The van der Waals surface area contributed by atoms with Crippen LogP contribution in [0.3, 0.4) is 0 Å². The summed E-state index contributed by atoms with van der Waals surface area (Å²) < 4.78 is 5.25. The first-order chi connectivity index (χ1) is 11.9. The molecule has 136 valence electrons. The van der Waals surface area contributed by atoms with E-state index in [1.807, 2.05) is 44.2 Å². The van der Waals surface area contributed by atoms with Crippen LogP contribution in [0.15, 0.2) is 30.3 Å². The fourth-order valence-corrected chi connectivity index (χ4v) is 2.35. The van der Waals surface area contributed by atoms with Crippen molar-refractivity contribution in [2.75, 3.05) is 0 Å². The molecular weight excluding hydrogens is 320 g/mol. The molecule has 0 unspecified atom stereocenters. The Balaban J connectivity index is 1.88. The van der Waals surface area contributed by atoms with E-state index >= 15 is 0 Å². The number of rotatable bonds is 8. The van der Waals surface area contributed by atoms with Gasteiger partial charge in [0.1, 0.15) is 6.04 Å². The van der Waals surface area contributed by atoms with E-state index in [9.17, 15) is 14.4 Å². The molecule has 2 N–H and O–H groups in total. The summed E-state index contributed by atoms with van der Waals surface area (Å²) in [6.45, 7) is 5.19. The molecule has 1 aromatic carbocycles. The second-order valence-corrected chi connectivity index (χ2v) is 6.81. The molecule has 0 aliphatic heterocycles. The van der Waals surface area contributed by atoms with Crippen molar-refractivity contribution in [3.63, 3.8) is 0 Å². The monoisotopic (exact) mass is 346 g/mol. The van der Waals surface area contributed by atoms with Crippen molar-refractivity contribution >= 4 is 17.8 Å². The minimum Gasteiger partial charge on any atom is -0.451 e. The average molecular weight is 346 g/mol. The molecule has 1 aromatic rings. The molecule has 2 atom stereocenters. The van der Waals surface area contributed by atoms with Crippen molar-refractivity contribution in [1.82, 2.24) is 10.6 Å². The van der Waals surface area contributed by atoms with Crippen LogP contribution in [0, 0.1) is 5.92 Å². The lowest BCUT2D eigenvalue weighted by molar-refractivity contribution is -0.158. The molecule has 6 heteroatoms. The summed E-state index contributed by atoms with van der Waals surface area (Å²) in [5.41, 5.74) is 0.869. The maximum atomic E-state index is 12.4. The number of esters is 1. The lowest BCUT2D eigenvalue weighted by Crippen LogP contribution is -2.48. The number of nitrogens with one attached hydrogen (secondary N) is 2. The number of amides is 2. The molecule has 1 aliphatic rings. The van der Waals surface area contributed by atoms with Gasteiger partial charge in [0.05, 0.1) is 6.42 Å². The van der Waals surface area contributed by atoms with Gasteiger partial charge in [0.15, 0.2) is 6.10 Å². The minimum atomic E-state index is -0.875. The zero-order valence-corrected chi connectivity index (χ0v) is 15.0. The molecule has 1 saturated carbocycles. The third kappa shape index (κ3) is 6.21. The summed E-state index contributed by atoms with van der Waals surface area (Å²) in [7, 11) is 0. The fraction of sp³-hybridized carbons (Fsp3) is 0.526. The highest BCUT2D eigenvalue weighted by atomic mass is 16.5. The van der Waals surface area contributed by atoms with E-state index in [0.29, 0.717) is 0 Å². The third-order valence-corrected chi connectivity index (χ3v) is 4.03. The Morgan fingerprint density at radius 2 is 1.76 bits per heavy atom. The van der Waals surface area contributed by atoms with Gasteiger partial charge in [-0.2, -0.15) is 0 Å². The molecule has 0 aromatic heterocycles. The van der Waals surface area contributed by atoms with Crippen molar-refractivity contribution in [3.05, 3.63) is 35.9 Å². The van der Waals surface area contributed by atoms with Gasteiger partial charge in [-0.05, 0) is 31.2 Å². The highest BCUT2D eigenvalue weighted by Gasteiger charge is 2.31. The fourth-order valence-electron chi connectivity index (χ4n) is 2.35. The van der Waals surface area contributed by atoms with Crippen LogP contribution in [0.2, 0.25) is 0 Å². The van der Waals surface area contributed by atoms with Crippen LogP contribution < -0.4 is 10.6 Å². The Kier molecular flexibility index (Phi) is 6.56. The van der Waals surface area contributed by atoms with E-state index in [1.165, 1.54) is 0 Å². The highest BCUT2D eigenvalue weighted by Crippen LogP contribution is 2.19. The Bertz CT molecular complexity index is 611. The van der Waals surface area contributed by atoms with E-state index in [-0.39, 0.29) is 30.2 Å². The molecule has 2 amide bonds. The summed E-state index contributed by atoms with van der Waals surface area (Å²) in [5.74, 6) is -1.29. The number of benzene rings is 1. The van der Waals surface area contributed by atoms with E-state index in [1.54, 1.807) is 6.92 Å². The standard InChI is InChI=1S/C19H26N2O4/c1-12(2)17(21-16(22)11-14-7-5-4-6-8-14)19(24)25-13(3)18(23)20-15-9-10-15/h4-8,12-13,15,17H,9-11H2,1-3H3,(H,20,23)(H,21,22)/t13-,17-/m0/s1. The average Bonchev–Trinajstić information content (AvgIpc) is 3.37. The van der Waals surface area contributed by atoms with E-state index in [0.717, 1.165) is 18.4 Å². The minimum absolute atomic E-state index is 0.147. The Hall–Kier alpha value is -2.37. The van der Waals surface area contributed by atoms with Gasteiger partial charge in [-0.1, -0.05) is 44.2 Å². The van der Waals surface area contributed by atoms with Gasteiger partial charge in [0.25, 0.3) is 5.91 Å². The van der Waals surface area contributed by atoms with Gasteiger partial charge < -0.3 is 15.4 Å². The molecule has 25 heavy (non-hydrogen) atoms. The van der Waals surface area contributed by atoms with Gasteiger partial charge in [0, 0.05) is 6.04 Å². The zero-order chi connectivity index (χ0) is 18.4. The zero-order valence-electron chi connectivity index (χ0n) is 15.0. The maximum absolute atomic E-state index is 12.4. The Morgan fingerprint density at radius 3 is 2.32 bits per heavy atom. The predicted octanol–water partition coefficient (Wildman–Crippen LogP) is 1.58. The Labute approximate surface area is 148 Å². The SMILES string of the molecule is CC(C)[C@H](NC(=O)Cc1ccccc1)C(=O)O[C@@H](C)C(=O)NC1CC1. The topological polar surface area (TPSA) is 84.5 Å². The van der Waals surface area contributed by atoms with Gasteiger partial charge >= 0.3 is 5.97 Å². The predicted molar refractivity (Wildman–Crippen MR) is 93.6 cm³/mol. The van der Waals surface area contributed by atoms with E-state index in [2.05, 4.69) is 10.6 Å². The molecule has 1 aliphatic carbocycles. The van der Waals surface area contributed by atoms with Crippen molar-refractivity contribution in [1.29, 1.82) is 0 Å². The molecule has 0 radical (unpaired) electrons. The van der Waals surface area contributed by atoms with Crippen LogP contribution in [0.5, 0.6) is 0 Å². The smallest absolute Gasteiger partial charge is 0.329 e. The van der Waals surface area contributed by atoms with E-state index < -0.39 is 18.1 Å².